The van der Waals surface area contributed by atoms with Crippen molar-refractivity contribution in [3.05, 3.63) is 84.4 Å². The number of carbonyl (C=O) groups excluding carboxylic acids is 2. The molecule has 190 valence electrons. The van der Waals surface area contributed by atoms with Gasteiger partial charge in [-0.15, -0.1) is 0 Å². The lowest BCUT2D eigenvalue weighted by Crippen LogP contribution is -2.30. The van der Waals surface area contributed by atoms with E-state index in [0.717, 1.165) is 17.9 Å². The van der Waals surface area contributed by atoms with Crippen LogP contribution in [-0.4, -0.2) is 31.5 Å². The van der Waals surface area contributed by atoms with Gasteiger partial charge in [-0.25, -0.2) is 0 Å². The summed E-state index contributed by atoms with van der Waals surface area (Å²) in [4.78, 5) is 27.2. The molecule has 0 heterocycles. The standard InChI is InChI=1S/C30H37N3O3/c1-3-5-6-7-11-21-36-28-19-17-25(18-20-28)32-29(34)23-31-26-14-12-13-24(22-26)30(35)33(4-2)27-15-9-8-10-16-27/h8-10,12-20,22,31H,3-7,11,21,23H2,1-2H3,(H,32,34). The molecule has 6 nitrogen and oxygen atoms in total. The number of ether oxygens (including phenoxy) is 1. The van der Waals surface area contributed by atoms with Crippen molar-refractivity contribution in [1.82, 2.24) is 0 Å². The Morgan fingerprint density at radius 2 is 1.56 bits per heavy atom. The van der Waals surface area contributed by atoms with Crippen LogP contribution in [0.4, 0.5) is 17.1 Å². The molecule has 0 aromatic heterocycles. The van der Waals surface area contributed by atoms with Crippen molar-refractivity contribution in [2.45, 2.75) is 46.0 Å². The molecule has 36 heavy (non-hydrogen) atoms. The van der Waals surface area contributed by atoms with E-state index in [0.29, 0.717) is 30.1 Å². The van der Waals surface area contributed by atoms with Gasteiger partial charge in [0.05, 0.1) is 13.2 Å². The SMILES string of the molecule is CCCCCCCOc1ccc(NC(=O)CNc2cccc(C(=O)N(CC)c3ccccc3)c2)cc1. The van der Waals surface area contributed by atoms with E-state index >= 15 is 0 Å². The largest absolute Gasteiger partial charge is 0.494 e. The third kappa shape index (κ3) is 8.45. The minimum atomic E-state index is -0.171. The van der Waals surface area contributed by atoms with Crippen molar-refractivity contribution < 1.29 is 14.3 Å². The van der Waals surface area contributed by atoms with Crippen LogP contribution in [0.15, 0.2) is 78.9 Å². The topological polar surface area (TPSA) is 70.7 Å². The maximum absolute atomic E-state index is 13.1. The van der Waals surface area contributed by atoms with Gasteiger partial charge in [0.25, 0.3) is 5.91 Å². The lowest BCUT2D eigenvalue weighted by Gasteiger charge is -2.21. The zero-order valence-corrected chi connectivity index (χ0v) is 21.3. The Hall–Kier alpha value is -3.80. The number of rotatable bonds is 14. The van der Waals surface area contributed by atoms with Gasteiger partial charge < -0.3 is 20.3 Å². The number of nitrogens with one attached hydrogen (secondary N) is 2. The highest BCUT2D eigenvalue weighted by Crippen LogP contribution is 2.19. The number of hydrogen-bond acceptors (Lipinski definition) is 4. The number of carbonyl (C=O) groups is 2. The minimum Gasteiger partial charge on any atom is -0.494 e. The van der Waals surface area contributed by atoms with Crippen molar-refractivity contribution in [3.63, 3.8) is 0 Å². The van der Waals surface area contributed by atoms with E-state index in [-0.39, 0.29) is 18.4 Å². The molecule has 2 amide bonds. The lowest BCUT2D eigenvalue weighted by molar-refractivity contribution is -0.114. The molecule has 0 fully saturated rings. The van der Waals surface area contributed by atoms with Crippen molar-refractivity contribution in [3.8, 4) is 5.75 Å². The van der Waals surface area contributed by atoms with Crippen LogP contribution in [0.2, 0.25) is 0 Å². The molecule has 0 bridgehead atoms. The number of unbranched alkanes of at least 4 members (excludes halogenated alkanes) is 4. The second kappa shape index (κ2) is 14.6. The predicted octanol–water partition coefficient (Wildman–Crippen LogP) is 6.75. The van der Waals surface area contributed by atoms with Crippen LogP contribution >= 0.6 is 0 Å². The number of hydrogen-bond donors (Lipinski definition) is 2. The molecule has 2 N–H and O–H groups in total. The Balaban J connectivity index is 1.47. The molecule has 0 aliphatic heterocycles. The average Bonchev–Trinajstić information content (AvgIpc) is 2.91. The molecule has 0 unspecified atom stereocenters. The van der Waals surface area contributed by atoms with Gasteiger partial charge in [0.2, 0.25) is 5.91 Å². The zero-order valence-electron chi connectivity index (χ0n) is 21.3. The second-order valence-electron chi connectivity index (χ2n) is 8.65. The highest BCUT2D eigenvalue weighted by molar-refractivity contribution is 6.06. The van der Waals surface area contributed by atoms with E-state index in [2.05, 4.69) is 17.6 Å². The lowest BCUT2D eigenvalue weighted by atomic mass is 10.1. The first-order valence-electron chi connectivity index (χ1n) is 12.8. The second-order valence-corrected chi connectivity index (χ2v) is 8.65. The summed E-state index contributed by atoms with van der Waals surface area (Å²) in [7, 11) is 0. The Kier molecular flexibility index (Phi) is 10.8. The molecular weight excluding hydrogens is 450 g/mol. The number of nitrogens with zero attached hydrogens (tertiary/aromatic N) is 1. The van der Waals surface area contributed by atoms with Crippen LogP contribution in [0.1, 0.15) is 56.3 Å². The van der Waals surface area contributed by atoms with Gasteiger partial charge in [0.1, 0.15) is 5.75 Å². The minimum absolute atomic E-state index is 0.0833. The Labute approximate surface area is 214 Å². The molecule has 0 radical (unpaired) electrons. The fourth-order valence-corrected chi connectivity index (χ4v) is 3.89. The van der Waals surface area contributed by atoms with Crippen LogP contribution in [0.5, 0.6) is 5.75 Å². The van der Waals surface area contributed by atoms with Crippen LogP contribution in [0, 0.1) is 0 Å². The molecule has 0 atom stereocenters. The zero-order chi connectivity index (χ0) is 25.6. The first-order chi connectivity index (χ1) is 17.6. The molecule has 0 saturated heterocycles. The third-order valence-corrected chi connectivity index (χ3v) is 5.85. The summed E-state index contributed by atoms with van der Waals surface area (Å²) >= 11 is 0. The summed E-state index contributed by atoms with van der Waals surface area (Å²) < 4.78 is 5.78. The number of amides is 2. The predicted molar refractivity (Wildman–Crippen MR) is 148 cm³/mol. The number of para-hydroxylation sites is 1. The van der Waals surface area contributed by atoms with E-state index in [9.17, 15) is 9.59 Å². The highest BCUT2D eigenvalue weighted by atomic mass is 16.5. The molecular formula is C30H37N3O3. The van der Waals surface area contributed by atoms with E-state index in [1.54, 1.807) is 17.0 Å². The summed E-state index contributed by atoms with van der Waals surface area (Å²) in [6.45, 7) is 5.52. The summed E-state index contributed by atoms with van der Waals surface area (Å²) in [5, 5.41) is 5.99. The molecule has 3 aromatic carbocycles. The van der Waals surface area contributed by atoms with Gasteiger partial charge >= 0.3 is 0 Å². The number of benzene rings is 3. The molecule has 3 aromatic rings. The van der Waals surface area contributed by atoms with E-state index in [1.807, 2.05) is 73.7 Å². The Bertz CT molecular complexity index is 1080. The van der Waals surface area contributed by atoms with Gasteiger partial charge in [-0.1, -0.05) is 56.9 Å². The maximum Gasteiger partial charge on any atom is 0.258 e. The fourth-order valence-electron chi connectivity index (χ4n) is 3.89. The van der Waals surface area contributed by atoms with Gasteiger partial charge in [0.15, 0.2) is 0 Å². The van der Waals surface area contributed by atoms with Crippen molar-refractivity contribution >= 4 is 28.9 Å². The van der Waals surface area contributed by atoms with Crippen molar-refractivity contribution in [2.75, 3.05) is 35.2 Å². The van der Waals surface area contributed by atoms with E-state index in [1.165, 1.54) is 25.7 Å². The van der Waals surface area contributed by atoms with Crippen LogP contribution in [0.3, 0.4) is 0 Å². The maximum atomic E-state index is 13.1. The third-order valence-electron chi connectivity index (χ3n) is 5.85. The molecule has 0 aliphatic carbocycles. The first kappa shape index (κ1) is 26.8. The molecule has 0 aliphatic rings. The normalized spacial score (nSPS) is 10.5. The molecule has 3 rings (SSSR count). The van der Waals surface area contributed by atoms with E-state index < -0.39 is 0 Å². The number of anilines is 3. The average molecular weight is 488 g/mol. The van der Waals surface area contributed by atoms with Gasteiger partial charge in [0, 0.05) is 29.2 Å². The Morgan fingerprint density at radius 1 is 0.806 bits per heavy atom. The Morgan fingerprint density at radius 3 is 2.28 bits per heavy atom. The van der Waals surface area contributed by atoms with Gasteiger partial charge in [-0.05, 0) is 67.9 Å². The highest BCUT2D eigenvalue weighted by Gasteiger charge is 2.16. The molecule has 0 saturated carbocycles. The van der Waals surface area contributed by atoms with Gasteiger partial charge in [-0.2, -0.15) is 0 Å². The van der Waals surface area contributed by atoms with Gasteiger partial charge in [-0.3, -0.25) is 9.59 Å². The summed E-state index contributed by atoms with van der Waals surface area (Å²) in [5.74, 6) is 0.551. The molecule has 0 spiro atoms. The first-order valence-corrected chi connectivity index (χ1v) is 12.8. The smallest absolute Gasteiger partial charge is 0.258 e. The molecule has 6 heteroatoms. The van der Waals surface area contributed by atoms with Crippen LogP contribution < -0.4 is 20.3 Å². The van der Waals surface area contributed by atoms with Crippen LogP contribution in [-0.2, 0) is 4.79 Å². The fraction of sp³-hybridized carbons (Fsp3) is 0.333. The summed E-state index contributed by atoms with van der Waals surface area (Å²) in [5.41, 5.74) is 2.84. The summed E-state index contributed by atoms with van der Waals surface area (Å²) in [6.07, 6.45) is 6.01. The summed E-state index contributed by atoms with van der Waals surface area (Å²) in [6, 6.07) is 24.2. The monoisotopic (exact) mass is 487 g/mol. The van der Waals surface area contributed by atoms with E-state index in [4.69, 9.17) is 4.74 Å². The van der Waals surface area contributed by atoms with Crippen molar-refractivity contribution in [2.24, 2.45) is 0 Å². The quantitative estimate of drug-likeness (QED) is 0.247. The van der Waals surface area contributed by atoms with Crippen LogP contribution in [0.25, 0.3) is 0 Å². The van der Waals surface area contributed by atoms with Crippen molar-refractivity contribution in [1.29, 1.82) is 0 Å².